The van der Waals surface area contributed by atoms with Crippen molar-refractivity contribution in [1.29, 1.82) is 0 Å². The van der Waals surface area contributed by atoms with Gasteiger partial charge in [-0.25, -0.2) is 9.18 Å². The number of amides is 1. The highest BCUT2D eigenvalue weighted by Crippen LogP contribution is 2.15. The topological polar surface area (TPSA) is 55.4 Å². The van der Waals surface area contributed by atoms with E-state index in [0.717, 1.165) is 18.1 Å². The van der Waals surface area contributed by atoms with Crippen LogP contribution in [0.15, 0.2) is 48.5 Å². The number of carbonyl (C=O) groups is 2. The number of hydrogen-bond acceptors (Lipinski definition) is 3. The molecule has 0 saturated heterocycles. The second kappa shape index (κ2) is 7.36. The summed E-state index contributed by atoms with van der Waals surface area (Å²) in [6, 6.07) is 12.8. The van der Waals surface area contributed by atoms with Crippen LogP contribution in [0.5, 0.6) is 0 Å². The molecule has 5 heteroatoms. The maximum absolute atomic E-state index is 13.4. The zero-order valence-corrected chi connectivity index (χ0v) is 12.1. The average Bonchev–Trinajstić information content (AvgIpc) is 2.53. The smallest absolute Gasteiger partial charge is 0.341 e. The summed E-state index contributed by atoms with van der Waals surface area (Å²) in [5, 5.41) is 2.67. The fourth-order valence-electron chi connectivity index (χ4n) is 1.97. The monoisotopic (exact) mass is 301 g/mol. The minimum absolute atomic E-state index is 0.191. The highest BCUT2D eigenvalue weighted by molar-refractivity contribution is 5.96. The molecule has 0 aliphatic carbocycles. The van der Waals surface area contributed by atoms with Gasteiger partial charge in [0, 0.05) is 5.69 Å². The van der Waals surface area contributed by atoms with Crippen LogP contribution in [0.2, 0.25) is 0 Å². The first kappa shape index (κ1) is 15.7. The van der Waals surface area contributed by atoms with Gasteiger partial charge in [-0.05, 0) is 30.2 Å². The zero-order valence-electron chi connectivity index (χ0n) is 12.1. The third-order valence-electron chi connectivity index (χ3n) is 3.10. The number of ether oxygens (including phenoxy) is 1. The Morgan fingerprint density at radius 3 is 2.50 bits per heavy atom. The summed E-state index contributed by atoms with van der Waals surface area (Å²) in [4.78, 5) is 23.5. The largest absolute Gasteiger partial charge is 0.452 e. The predicted octanol–water partition coefficient (Wildman–Crippen LogP) is 3.18. The lowest BCUT2D eigenvalue weighted by atomic mass is 10.1. The molecule has 0 heterocycles. The Kier molecular flexibility index (Phi) is 5.25. The quantitative estimate of drug-likeness (QED) is 0.863. The number of carbonyl (C=O) groups excluding carboxylic acids is 2. The maximum atomic E-state index is 13.4. The van der Waals surface area contributed by atoms with Crippen molar-refractivity contribution >= 4 is 17.6 Å². The molecule has 114 valence electrons. The van der Waals surface area contributed by atoms with Gasteiger partial charge in [-0.2, -0.15) is 0 Å². The van der Waals surface area contributed by atoms with Crippen molar-refractivity contribution in [2.45, 2.75) is 13.3 Å². The first-order chi connectivity index (χ1) is 10.6. The molecule has 0 aliphatic heterocycles. The number of benzene rings is 2. The Balaban J connectivity index is 1.93. The number of nitrogens with one attached hydrogen (secondary N) is 1. The Bertz CT molecular complexity index is 685. The minimum atomic E-state index is -0.864. The maximum Gasteiger partial charge on any atom is 0.341 e. The van der Waals surface area contributed by atoms with Crippen LogP contribution in [0.25, 0.3) is 0 Å². The van der Waals surface area contributed by atoms with Crippen molar-refractivity contribution in [3.63, 3.8) is 0 Å². The van der Waals surface area contributed by atoms with Crippen molar-refractivity contribution < 1.29 is 18.7 Å². The number of para-hydroxylation sites is 1. The standard InChI is InChI=1S/C17H16FNO3/c1-2-12-7-3-6-10-15(12)19-16(20)11-22-17(21)13-8-4-5-9-14(13)18/h3-10H,2,11H2,1H3,(H,19,20). The number of rotatable bonds is 5. The van der Waals surface area contributed by atoms with Crippen molar-refractivity contribution in [3.8, 4) is 0 Å². The van der Waals surface area contributed by atoms with Gasteiger partial charge in [0.1, 0.15) is 5.82 Å². The van der Waals surface area contributed by atoms with E-state index in [4.69, 9.17) is 4.74 Å². The first-order valence-corrected chi connectivity index (χ1v) is 6.91. The fraction of sp³-hybridized carbons (Fsp3) is 0.176. The van der Waals surface area contributed by atoms with Crippen molar-refractivity contribution in [1.82, 2.24) is 0 Å². The number of hydrogen-bond donors (Lipinski definition) is 1. The molecule has 0 spiro atoms. The van der Waals surface area contributed by atoms with Crippen molar-refractivity contribution in [3.05, 3.63) is 65.5 Å². The minimum Gasteiger partial charge on any atom is -0.452 e. The van der Waals surface area contributed by atoms with Gasteiger partial charge in [0.25, 0.3) is 5.91 Å². The summed E-state index contributed by atoms with van der Waals surface area (Å²) >= 11 is 0. The Morgan fingerprint density at radius 2 is 1.77 bits per heavy atom. The van der Waals surface area contributed by atoms with E-state index in [1.54, 1.807) is 12.1 Å². The van der Waals surface area contributed by atoms with E-state index in [0.29, 0.717) is 5.69 Å². The molecule has 2 rings (SSSR count). The third-order valence-corrected chi connectivity index (χ3v) is 3.10. The number of anilines is 1. The van der Waals surface area contributed by atoms with Gasteiger partial charge in [-0.15, -0.1) is 0 Å². The van der Waals surface area contributed by atoms with E-state index in [2.05, 4.69) is 5.32 Å². The number of esters is 1. The van der Waals surface area contributed by atoms with Crippen LogP contribution in [0.4, 0.5) is 10.1 Å². The molecule has 0 atom stereocenters. The molecule has 2 aromatic carbocycles. The van der Waals surface area contributed by atoms with Crippen LogP contribution >= 0.6 is 0 Å². The number of halogens is 1. The van der Waals surface area contributed by atoms with Gasteiger partial charge in [0.15, 0.2) is 6.61 Å². The van der Waals surface area contributed by atoms with Crippen LogP contribution in [0.1, 0.15) is 22.8 Å². The molecule has 1 amide bonds. The molecule has 0 radical (unpaired) electrons. The highest BCUT2D eigenvalue weighted by Gasteiger charge is 2.14. The summed E-state index contributed by atoms with van der Waals surface area (Å²) < 4.78 is 18.2. The van der Waals surface area contributed by atoms with Gasteiger partial charge in [0.2, 0.25) is 0 Å². The molecule has 0 fully saturated rings. The highest BCUT2D eigenvalue weighted by atomic mass is 19.1. The second-order valence-corrected chi connectivity index (χ2v) is 4.61. The fourth-order valence-corrected chi connectivity index (χ4v) is 1.97. The lowest BCUT2D eigenvalue weighted by molar-refractivity contribution is -0.119. The molecule has 0 bridgehead atoms. The second-order valence-electron chi connectivity index (χ2n) is 4.61. The van der Waals surface area contributed by atoms with Crippen LogP contribution in [-0.2, 0) is 16.0 Å². The summed E-state index contributed by atoms with van der Waals surface area (Å²) in [5.74, 6) is -2.01. The van der Waals surface area contributed by atoms with Gasteiger partial charge in [0.05, 0.1) is 5.56 Å². The van der Waals surface area contributed by atoms with E-state index in [-0.39, 0.29) is 5.56 Å². The van der Waals surface area contributed by atoms with E-state index >= 15 is 0 Å². The van der Waals surface area contributed by atoms with Gasteiger partial charge >= 0.3 is 5.97 Å². The number of aryl methyl sites for hydroxylation is 1. The summed E-state index contributed by atoms with van der Waals surface area (Å²) in [5.41, 5.74) is 1.47. The van der Waals surface area contributed by atoms with Gasteiger partial charge in [-0.3, -0.25) is 4.79 Å². The molecular formula is C17H16FNO3. The summed E-state index contributed by atoms with van der Waals surface area (Å²) in [6.07, 6.45) is 0.769. The zero-order chi connectivity index (χ0) is 15.9. The molecule has 1 N–H and O–H groups in total. The SMILES string of the molecule is CCc1ccccc1NC(=O)COC(=O)c1ccccc1F. The molecule has 0 aliphatic rings. The summed E-state index contributed by atoms with van der Waals surface area (Å²) in [7, 11) is 0. The van der Waals surface area contributed by atoms with Crippen LogP contribution in [-0.4, -0.2) is 18.5 Å². The van der Waals surface area contributed by atoms with E-state index < -0.39 is 24.3 Å². The average molecular weight is 301 g/mol. The lowest BCUT2D eigenvalue weighted by Crippen LogP contribution is -2.21. The van der Waals surface area contributed by atoms with Gasteiger partial charge in [-0.1, -0.05) is 37.3 Å². The van der Waals surface area contributed by atoms with E-state index in [1.807, 2.05) is 19.1 Å². The van der Waals surface area contributed by atoms with E-state index in [9.17, 15) is 14.0 Å². The molecule has 0 aromatic heterocycles. The van der Waals surface area contributed by atoms with Gasteiger partial charge < -0.3 is 10.1 Å². The van der Waals surface area contributed by atoms with Crippen LogP contribution in [0.3, 0.4) is 0 Å². The molecular weight excluding hydrogens is 285 g/mol. The Labute approximate surface area is 127 Å². The van der Waals surface area contributed by atoms with Crippen LogP contribution < -0.4 is 5.32 Å². The van der Waals surface area contributed by atoms with Crippen LogP contribution in [0, 0.1) is 5.82 Å². The third kappa shape index (κ3) is 3.91. The molecule has 2 aromatic rings. The van der Waals surface area contributed by atoms with Crippen molar-refractivity contribution in [2.24, 2.45) is 0 Å². The normalized spacial score (nSPS) is 10.1. The molecule has 22 heavy (non-hydrogen) atoms. The molecule has 0 unspecified atom stereocenters. The lowest BCUT2D eigenvalue weighted by Gasteiger charge is -2.10. The van der Waals surface area contributed by atoms with Crippen molar-refractivity contribution in [2.75, 3.05) is 11.9 Å². The summed E-state index contributed by atoms with van der Waals surface area (Å²) in [6.45, 7) is 1.51. The first-order valence-electron chi connectivity index (χ1n) is 6.91. The molecule has 4 nitrogen and oxygen atoms in total. The predicted molar refractivity (Wildman–Crippen MR) is 81.1 cm³/mol. The molecule has 0 saturated carbocycles. The van der Waals surface area contributed by atoms with E-state index in [1.165, 1.54) is 18.2 Å². The Morgan fingerprint density at radius 1 is 1.09 bits per heavy atom. The Hall–Kier alpha value is -2.69.